The minimum absolute atomic E-state index is 0.264. The highest BCUT2D eigenvalue weighted by Gasteiger charge is 2.24. The van der Waals surface area contributed by atoms with Crippen molar-refractivity contribution in [3.8, 4) is 0 Å². The largest absolute Gasteiger partial charge is 0.396 e. The van der Waals surface area contributed by atoms with Crippen LogP contribution in [0.5, 0.6) is 0 Å². The van der Waals surface area contributed by atoms with Crippen LogP contribution in [0.1, 0.15) is 17.7 Å². The fraction of sp³-hybridized carbons (Fsp3) is 0.583. The zero-order valence-corrected chi connectivity index (χ0v) is 9.69. The van der Waals surface area contributed by atoms with E-state index in [1.54, 1.807) is 0 Å². The molecule has 1 aromatic heterocycles. The number of nitrogens with zero attached hydrogens (tertiary/aromatic N) is 2. The number of anilines is 1. The predicted octanol–water partition coefficient (Wildman–Crippen LogP) is 0.667. The van der Waals surface area contributed by atoms with Crippen LogP contribution in [0.2, 0.25) is 0 Å². The lowest BCUT2D eigenvalue weighted by atomic mass is 10.1. The number of aliphatic hydroxyl groups is 1. The molecule has 2 rings (SSSR count). The summed E-state index contributed by atoms with van der Waals surface area (Å²) in [5.41, 5.74) is 7.82. The molecule has 4 nitrogen and oxygen atoms in total. The van der Waals surface area contributed by atoms with E-state index in [1.165, 1.54) is 0 Å². The number of aromatic nitrogens is 1. The summed E-state index contributed by atoms with van der Waals surface area (Å²) in [7, 11) is 0. The van der Waals surface area contributed by atoms with E-state index in [0.717, 1.165) is 36.6 Å². The predicted molar refractivity (Wildman–Crippen MR) is 64.3 cm³/mol. The molecule has 0 amide bonds. The van der Waals surface area contributed by atoms with Gasteiger partial charge in [-0.2, -0.15) is 0 Å². The van der Waals surface area contributed by atoms with Crippen molar-refractivity contribution >= 4 is 5.82 Å². The van der Waals surface area contributed by atoms with Gasteiger partial charge in [-0.15, -0.1) is 0 Å². The molecule has 0 bridgehead atoms. The molecule has 0 spiro atoms. The SMILES string of the molecule is Cc1ccc(CN)c(N2CCC(CO)C2)n1. The highest BCUT2D eigenvalue weighted by Crippen LogP contribution is 2.25. The van der Waals surface area contributed by atoms with Gasteiger partial charge in [0.1, 0.15) is 5.82 Å². The second kappa shape index (κ2) is 4.80. The van der Waals surface area contributed by atoms with Gasteiger partial charge >= 0.3 is 0 Å². The van der Waals surface area contributed by atoms with E-state index in [1.807, 2.05) is 19.1 Å². The first-order valence-electron chi connectivity index (χ1n) is 5.77. The van der Waals surface area contributed by atoms with Crippen LogP contribution in [0.15, 0.2) is 12.1 Å². The van der Waals surface area contributed by atoms with Gasteiger partial charge < -0.3 is 15.7 Å². The Morgan fingerprint density at radius 1 is 1.56 bits per heavy atom. The Morgan fingerprint density at radius 2 is 2.38 bits per heavy atom. The van der Waals surface area contributed by atoms with Crippen molar-refractivity contribution in [2.45, 2.75) is 19.9 Å². The van der Waals surface area contributed by atoms with Gasteiger partial charge in [-0.05, 0) is 19.4 Å². The van der Waals surface area contributed by atoms with Crippen LogP contribution >= 0.6 is 0 Å². The van der Waals surface area contributed by atoms with Crippen molar-refractivity contribution in [1.29, 1.82) is 0 Å². The van der Waals surface area contributed by atoms with E-state index in [-0.39, 0.29) is 6.61 Å². The summed E-state index contributed by atoms with van der Waals surface area (Å²) in [6.45, 7) is 4.63. The van der Waals surface area contributed by atoms with Gasteiger partial charge in [0.15, 0.2) is 0 Å². The van der Waals surface area contributed by atoms with Gasteiger partial charge in [-0.3, -0.25) is 0 Å². The molecule has 0 radical (unpaired) electrons. The van der Waals surface area contributed by atoms with Crippen molar-refractivity contribution in [2.24, 2.45) is 11.7 Å². The highest BCUT2D eigenvalue weighted by molar-refractivity contribution is 5.48. The summed E-state index contributed by atoms with van der Waals surface area (Å²) in [4.78, 5) is 6.79. The topological polar surface area (TPSA) is 62.4 Å². The van der Waals surface area contributed by atoms with E-state index in [9.17, 15) is 0 Å². The Labute approximate surface area is 96.1 Å². The fourth-order valence-electron chi connectivity index (χ4n) is 2.18. The molecule has 3 N–H and O–H groups in total. The number of hydrogen-bond acceptors (Lipinski definition) is 4. The van der Waals surface area contributed by atoms with Crippen LogP contribution in [0.4, 0.5) is 5.82 Å². The van der Waals surface area contributed by atoms with E-state index in [0.29, 0.717) is 12.5 Å². The average molecular weight is 221 g/mol. The molecule has 1 atom stereocenters. The number of aliphatic hydroxyl groups excluding tert-OH is 1. The number of aryl methyl sites for hydroxylation is 1. The molecule has 0 aliphatic carbocycles. The maximum atomic E-state index is 9.14. The molecule has 0 saturated carbocycles. The molecule has 1 saturated heterocycles. The van der Waals surface area contributed by atoms with Crippen molar-refractivity contribution in [1.82, 2.24) is 4.98 Å². The highest BCUT2D eigenvalue weighted by atomic mass is 16.3. The summed E-state index contributed by atoms with van der Waals surface area (Å²) in [6.07, 6.45) is 1.04. The van der Waals surface area contributed by atoms with Crippen LogP contribution in [-0.4, -0.2) is 29.8 Å². The third-order valence-corrected chi connectivity index (χ3v) is 3.16. The van der Waals surface area contributed by atoms with E-state index in [4.69, 9.17) is 10.8 Å². The van der Waals surface area contributed by atoms with Gasteiger partial charge in [0.25, 0.3) is 0 Å². The molecular formula is C12H19N3O. The summed E-state index contributed by atoms with van der Waals surface area (Å²) in [5.74, 6) is 1.38. The Balaban J connectivity index is 2.22. The first-order chi connectivity index (χ1) is 7.74. The number of hydrogen-bond donors (Lipinski definition) is 2. The molecule has 1 aromatic rings. The quantitative estimate of drug-likeness (QED) is 0.787. The molecule has 1 fully saturated rings. The smallest absolute Gasteiger partial charge is 0.133 e. The third-order valence-electron chi connectivity index (χ3n) is 3.16. The molecule has 1 aliphatic heterocycles. The van der Waals surface area contributed by atoms with Gasteiger partial charge in [0.2, 0.25) is 0 Å². The lowest BCUT2D eigenvalue weighted by molar-refractivity contribution is 0.238. The maximum absolute atomic E-state index is 9.14. The average Bonchev–Trinajstić information content (AvgIpc) is 2.77. The van der Waals surface area contributed by atoms with Crippen molar-refractivity contribution in [3.63, 3.8) is 0 Å². The van der Waals surface area contributed by atoms with Gasteiger partial charge in [-0.1, -0.05) is 6.07 Å². The zero-order chi connectivity index (χ0) is 11.5. The van der Waals surface area contributed by atoms with Crippen molar-refractivity contribution < 1.29 is 5.11 Å². The normalized spacial score (nSPS) is 20.4. The van der Waals surface area contributed by atoms with Crippen LogP contribution in [0.3, 0.4) is 0 Å². The molecule has 2 heterocycles. The van der Waals surface area contributed by atoms with Gasteiger partial charge in [-0.25, -0.2) is 4.98 Å². The van der Waals surface area contributed by atoms with Crippen LogP contribution in [0, 0.1) is 12.8 Å². The second-order valence-corrected chi connectivity index (χ2v) is 4.42. The molecular weight excluding hydrogens is 202 g/mol. The number of nitrogens with two attached hydrogens (primary N) is 1. The maximum Gasteiger partial charge on any atom is 0.133 e. The lowest BCUT2D eigenvalue weighted by Gasteiger charge is -2.20. The minimum Gasteiger partial charge on any atom is -0.396 e. The van der Waals surface area contributed by atoms with Crippen LogP contribution < -0.4 is 10.6 Å². The zero-order valence-electron chi connectivity index (χ0n) is 9.69. The molecule has 1 aliphatic rings. The molecule has 0 aromatic carbocycles. The summed E-state index contributed by atoms with van der Waals surface area (Å²) < 4.78 is 0. The Kier molecular flexibility index (Phi) is 3.41. The number of rotatable bonds is 3. The van der Waals surface area contributed by atoms with E-state index >= 15 is 0 Å². The monoisotopic (exact) mass is 221 g/mol. The van der Waals surface area contributed by atoms with Gasteiger partial charge in [0, 0.05) is 43.4 Å². The first kappa shape index (κ1) is 11.4. The lowest BCUT2D eigenvalue weighted by Crippen LogP contribution is -2.24. The van der Waals surface area contributed by atoms with Crippen molar-refractivity contribution in [3.05, 3.63) is 23.4 Å². The minimum atomic E-state index is 0.264. The fourth-order valence-corrected chi connectivity index (χ4v) is 2.18. The Hall–Kier alpha value is -1.13. The van der Waals surface area contributed by atoms with Crippen LogP contribution in [0.25, 0.3) is 0 Å². The molecule has 88 valence electrons. The summed E-state index contributed by atoms with van der Waals surface area (Å²) in [6, 6.07) is 4.04. The summed E-state index contributed by atoms with van der Waals surface area (Å²) >= 11 is 0. The Bertz CT molecular complexity index is 367. The third kappa shape index (κ3) is 2.18. The van der Waals surface area contributed by atoms with Gasteiger partial charge in [0.05, 0.1) is 0 Å². The van der Waals surface area contributed by atoms with E-state index in [2.05, 4.69) is 9.88 Å². The first-order valence-corrected chi connectivity index (χ1v) is 5.77. The molecule has 4 heteroatoms. The van der Waals surface area contributed by atoms with Crippen molar-refractivity contribution in [2.75, 3.05) is 24.6 Å². The molecule has 16 heavy (non-hydrogen) atoms. The summed E-state index contributed by atoms with van der Waals surface area (Å²) in [5, 5.41) is 9.14. The standard InChI is InChI=1S/C12H19N3O/c1-9-2-3-11(6-13)12(14-9)15-5-4-10(7-15)8-16/h2-3,10,16H,4-8,13H2,1H3. The second-order valence-electron chi connectivity index (χ2n) is 4.42. The van der Waals surface area contributed by atoms with E-state index < -0.39 is 0 Å². The Morgan fingerprint density at radius 3 is 3.00 bits per heavy atom. The molecule has 1 unspecified atom stereocenters. The number of pyridine rings is 1. The van der Waals surface area contributed by atoms with Crippen LogP contribution in [-0.2, 0) is 6.54 Å².